The van der Waals surface area contributed by atoms with Gasteiger partial charge < -0.3 is 10.1 Å². The fourth-order valence-electron chi connectivity index (χ4n) is 1.79. The first-order valence-electron chi connectivity index (χ1n) is 6.63. The Morgan fingerprint density at radius 2 is 2.19 bits per heavy atom. The van der Waals surface area contributed by atoms with Crippen molar-refractivity contribution in [1.82, 2.24) is 20.1 Å². The summed E-state index contributed by atoms with van der Waals surface area (Å²) in [7, 11) is 0. The van der Waals surface area contributed by atoms with E-state index in [-0.39, 0.29) is 11.9 Å². The van der Waals surface area contributed by atoms with Crippen molar-refractivity contribution >= 4 is 17.5 Å². The number of aromatic nitrogens is 3. The molecule has 21 heavy (non-hydrogen) atoms. The summed E-state index contributed by atoms with van der Waals surface area (Å²) in [5.74, 6) is 0.638. The molecule has 1 amide bonds. The summed E-state index contributed by atoms with van der Waals surface area (Å²) in [6.45, 7) is 2.83. The van der Waals surface area contributed by atoms with Gasteiger partial charge in [0.15, 0.2) is 0 Å². The van der Waals surface area contributed by atoms with E-state index in [1.807, 2.05) is 6.92 Å². The van der Waals surface area contributed by atoms with Gasteiger partial charge in [0.25, 0.3) is 0 Å². The Bertz CT molecular complexity index is 557. The van der Waals surface area contributed by atoms with Crippen molar-refractivity contribution in [2.75, 3.05) is 6.61 Å². The zero-order valence-electron chi connectivity index (χ0n) is 11.7. The Hall–Kier alpha value is -2.08. The summed E-state index contributed by atoms with van der Waals surface area (Å²) in [4.78, 5) is 15.6. The highest BCUT2D eigenvalue weighted by molar-refractivity contribution is 6.30. The van der Waals surface area contributed by atoms with Crippen LogP contribution in [0.4, 0.5) is 0 Å². The minimum atomic E-state index is -0.0587. The molecule has 1 atom stereocenters. The number of rotatable bonds is 7. The lowest BCUT2D eigenvalue weighted by Gasteiger charge is -2.13. The summed E-state index contributed by atoms with van der Waals surface area (Å²) in [6, 6.07) is 7.02. The van der Waals surface area contributed by atoms with E-state index in [1.165, 1.54) is 6.33 Å². The van der Waals surface area contributed by atoms with Crippen LogP contribution in [0, 0.1) is 0 Å². The minimum Gasteiger partial charge on any atom is -0.493 e. The second kappa shape index (κ2) is 7.64. The van der Waals surface area contributed by atoms with Gasteiger partial charge in [-0.05, 0) is 31.2 Å². The topological polar surface area (TPSA) is 69.0 Å². The van der Waals surface area contributed by atoms with Gasteiger partial charge >= 0.3 is 0 Å². The van der Waals surface area contributed by atoms with E-state index in [0.29, 0.717) is 30.3 Å². The van der Waals surface area contributed by atoms with E-state index < -0.39 is 0 Å². The van der Waals surface area contributed by atoms with Crippen LogP contribution in [0.2, 0.25) is 5.02 Å². The molecule has 0 aliphatic carbocycles. The second-order valence-electron chi connectivity index (χ2n) is 4.64. The highest BCUT2D eigenvalue weighted by atomic mass is 35.5. The van der Waals surface area contributed by atoms with Crippen LogP contribution in [-0.2, 0) is 11.3 Å². The Balaban J connectivity index is 1.66. The maximum atomic E-state index is 11.8. The number of halogens is 1. The van der Waals surface area contributed by atoms with Gasteiger partial charge in [0.1, 0.15) is 18.4 Å². The number of hydrogen-bond acceptors (Lipinski definition) is 4. The van der Waals surface area contributed by atoms with Crippen LogP contribution in [0.5, 0.6) is 5.75 Å². The Morgan fingerprint density at radius 3 is 2.86 bits per heavy atom. The summed E-state index contributed by atoms with van der Waals surface area (Å²) in [6.07, 6.45) is 3.38. The maximum Gasteiger partial charge on any atom is 0.223 e. The average Bonchev–Trinajstić information content (AvgIpc) is 2.93. The molecule has 112 valence electrons. The summed E-state index contributed by atoms with van der Waals surface area (Å²) >= 11 is 5.78. The molecular formula is C14H17ClN4O2. The van der Waals surface area contributed by atoms with Crippen molar-refractivity contribution in [3.05, 3.63) is 41.9 Å². The lowest BCUT2D eigenvalue weighted by molar-refractivity contribution is -0.122. The standard InChI is InChI=1S/C14H17ClN4O2/c1-11(8-19-10-16-9-17-19)18-14(20)6-7-21-13-4-2-12(15)3-5-13/h2-5,9-11H,6-8H2,1H3,(H,18,20). The van der Waals surface area contributed by atoms with Gasteiger partial charge in [0, 0.05) is 11.1 Å². The molecule has 0 saturated carbocycles. The molecule has 2 rings (SSSR count). The van der Waals surface area contributed by atoms with Crippen molar-refractivity contribution < 1.29 is 9.53 Å². The lowest BCUT2D eigenvalue weighted by atomic mass is 10.3. The molecule has 2 aromatic rings. The van der Waals surface area contributed by atoms with Crippen molar-refractivity contribution in [3.8, 4) is 5.75 Å². The number of carbonyl (C=O) groups is 1. The van der Waals surface area contributed by atoms with Crippen LogP contribution in [0.25, 0.3) is 0 Å². The van der Waals surface area contributed by atoms with E-state index in [2.05, 4.69) is 15.4 Å². The largest absolute Gasteiger partial charge is 0.493 e. The SMILES string of the molecule is CC(Cn1cncn1)NC(=O)CCOc1ccc(Cl)cc1. The molecule has 1 aromatic carbocycles. The molecule has 0 radical (unpaired) electrons. The van der Waals surface area contributed by atoms with Gasteiger partial charge in [-0.2, -0.15) is 5.10 Å². The molecular weight excluding hydrogens is 292 g/mol. The van der Waals surface area contributed by atoms with E-state index in [9.17, 15) is 4.79 Å². The van der Waals surface area contributed by atoms with E-state index in [0.717, 1.165) is 0 Å². The number of carbonyl (C=O) groups excluding carboxylic acids is 1. The Labute approximate surface area is 128 Å². The fraction of sp³-hybridized carbons (Fsp3) is 0.357. The van der Waals surface area contributed by atoms with Gasteiger partial charge in [0.05, 0.1) is 19.6 Å². The van der Waals surface area contributed by atoms with E-state index in [1.54, 1.807) is 35.3 Å². The van der Waals surface area contributed by atoms with Crippen LogP contribution in [0.1, 0.15) is 13.3 Å². The van der Waals surface area contributed by atoms with Crippen molar-refractivity contribution in [2.24, 2.45) is 0 Å². The molecule has 0 fully saturated rings. The molecule has 1 N–H and O–H groups in total. The normalized spacial score (nSPS) is 11.9. The smallest absolute Gasteiger partial charge is 0.223 e. The minimum absolute atomic E-state index is 0.0188. The van der Waals surface area contributed by atoms with Crippen molar-refractivity contribution in [2.45, 2.75) is 25.9 Å². The van der Waals surface area contributed by atoms with Gasteiger partial charge in [-0.3, -0.25) is 9.48 Å². The van der Waals surface area contributed by atoms with Gasteiger partial charge in [-0.1, -0.05) is 11.6 Å². The molecule has 1 heterocycles. The van der Waals surface area contributed by atoms with Crippen molar-refractivity contribution in [1.29, 1.82) is 0 Å². The maximum absolute atomic E-state index is 11.8. The first-order chi connectivity index (χ1) is 10.1. The first kappa shape index (κ1) is 15.3. The van der Waals surface area contributed by atoms with E-state index >= 15 is 0 Å². The summed E-state index contributed by atoms with van der Waals surface area (Å²) < 4.78 is 7.15. The van der Waals surface area contributed by atoms with Crippen LogP contribution >= 0.6 is 11.6 Å². The second-order valence-corrected chi connectivity index (χ2v) is 5.07. The predicted molar refractivity (Wildman–Crippen MR) is 79.2 cm³/mol. The van der Waals surface area contributed by atoms with Crippen molar-refractivity contribution in [3.63, 3.8) is 0 Å². The monoisotopic (exact) mass is 308 g/mol. The number of hydrogen-bond donors (Lipinski definition) is 1. The molecule has 0 aliphatic heterocycles. The fourth-order valence-corrected chi connectivity index (χ4v) is 1.92. The number of nitrogens with one attached hydrogen (secondary N) is 1. The quantitative estimate of drug-likeness (QED) is 0.848. The highest BCUT2D eigenvalue weighted by Crippen LogP contribution is 2.15. The number of nitrogens with zero attached hydrogens (tertiary/aromatic N) is 3. The van der Waals surface area contributed by atoms with Gasteiger partial charge in [-0.15, -0.1) is 0 Å². The molecule has 0 aliphatic rings. The van der Waals surface area contributed by atoms with E-state index in [4.69, 9.17) is 16.3 Å². The predicted octanol–water partition coefficient (Wildman–Crippen LogP) is 1.91. The molecule has 7 heteroatoms. The summed E-state index contributed by atoms with van der Waals surface area (Å²) in [5, 5.41) is 7.53. The van der Waals surface area contributed by atoms with Crippen LogP contribution in [-0.4, -0.2) is 33.3 Å². The van der Waals surface area contributed by atoms with Gasteiger partial charge in [0.2, 0.25) is 5.91 Å². The van der Waals surface area contributed by atoms with Crippen LogP contribution < -0.4 is 10.1 Å². The van der Waals surface area contributed by atoms with Crippen LogP contribution in [0.3, 0.4) is 0 Å². The molecule has 1 unspecified atom stereocenters. The van der Waals surface area contributed by atoms with Crippen LogP contribution in [0.15, 0.2) is 36.9 Å². The zero-order chi connectivity index (χ0) is 15.1. The average molecular weight is 309 g/mol. The first-order valence-corrected chi connectivity index (χ1v) is 7.01. The molecule has 1 aromatic heterocycles. The van der Waals surface area contributed by atoms with Gasteiger partial charge in [-0.25, -0.2) is 4.98 Å². The molecule has 6 nitrogen and oxygen atoms in total. The third-order valence-electron chi connectivity index (χ3n) is 2.75. The zero-order valence-corrected chi connectivity index (χ0v) is 12.5. The number of amides is 1. The Kier molecular flexibility index (Phi) is 5.57. The number of ether oxygens (including phenoxy) is 1. The molecule has 0 spiro atoms. The lowest BCUT2D eigenvalue weighted by Crippen LogP contribution is -2.36. The summed E-state index contributed by atoms with van der Waals surface area (Å²) in [5.41, 5.74) is 0. The Morgan fingerprint density at radius 1 is 1.43 bits per heavy atom. The molecule has 0 saturated heterocycles. The number of benzene rings is 1. The third kappa shape index (κ3) is 5.43. The third-order valence-corrected chi connectivity index (χ3v) is 3.00. The molecule has 0 bridgehead atoms. The highest BCUT2D eigenvalue weighted by Gasteiger charge is 2.08.